The van der Waals surface area contributed by atoms with Crippen LogP contribution < -0.4 is 10.6 Å². The fourth-order valence-electron chi connectivity index (χ4n) is 2.29. The number of carbonyl (C=O) groups excluding carboxylic acids is 4. The average Bonchev–Trinajstić information content (AvgIpc) is 2.65. The van der Waals surface area contributed by atoms with Crippen LogP contribution in [0.1, 0.15) is 27.6 Å². The fraction of sp³-hybridized carbons (Fsp3) is 0.200. The monoisotopic (exact) mass is 383 g/mol. The first kappa shape index (κ1) is 20.6. The zero-order valence-corrected chi connectivity index (χ0v) is 15.8. The number of ether oxygens (including phenoxy) is 1. The standard InChI is InChI=1S/C20H21N3O5/c1-13(24)21-17-6-4-5-15(11-17)20(27)28-12-18(25)22-16-9-7-14(8-10-16)19(26)23(2)3/h4-11H,12H2,1-3H3,(H,21,24)(H,22,25). The van der Waals surface area contributed by atoms with Gasteiger partial charge in [0.1, 0.15) is 0 Å². The SMILES string of the molecule is CC(=O)Nc1cccc(C(=O)OCC(=O)Nc2ccc(C(=O)N(C)C)cc2)c1. The van der Waals surface area contributed by atoms with Gasteiger partial charge in [0.15, 0.2) is 6.61 Å². The molecule has 2 aromatic rings. The lowest BCUT2D eigenvalue weighted by molar-refractivity contribution is -0.119. The van der Waals surface area contributed by atoms with E-state index in [0.717, 1.165) is 0 Å². The molecule has 2 rings (SSSR count). The molecule has 0 spiro atoms. The van der Waals surface area contributed by atoms with Crippen LogP contribution in [-0.2, 0) is 14.3 Å². The highest BCUT2D eigenvalue weighted by Crippen LogP contribution is 2.13. The second-order valence-electron chi connectivity index (χ2n) is 6.16. The Kier molecular flexibility index (Phi) is 6.86. The molecule has 0 aliphatic rings. The van der Waals surface area contributed by atoms with Crippen molar-refractivity contribution in [1.29, 1.82) is 0 Å². The number of amides is 3. The number of esters is 1. The summed E-state index contributed by atoms with van der Waals surface area (Å²) in [4.78, 5) is 48.4. The molecule has 8 heteroatoms. The molecule has 3 amide bonds. The molecule has 0 aliphatic carbocycles. The first-order valence-electron chi connectivity index (χ1n) is 8.42. The topological polar surface area (TPSA) is 105 Å². The van der Waals surface area contributed by atoms with Gasteiger partial charge in [0, 0.05) is 38.0 Å². The summed E-state index contributed by atoms with van der Waals surface area (Å²) in [6.45, 7) is 0.889. The van der Waals surface area contributed by atoms with Gasteiger partial charge in [0.2, 0.25) is 5.91 Å². The fourth-order valence-corrected chi connectivity index (χ4v) is 2.29. The van der Waals surface area contributed by atoms with Crippen molar-refractivity contribution in [3.05, 3.63) is 59.7 Å². The van der Waals surface area contributed by atoms with E-state index in [1.54, 1.807) is 50.5 Å². The second kappa shape index (κ2) is 9.31. The summed E-state index contributed by atoms with van der Waals surface area (Å²) < 4.78 is 4.99. The Morgan fingerprint density at radius 3 is 2.18 bits per heavy atom. The molecule has 0 fully saturated rings. The number of benzene rings is 2. The first-order valence-corrected chi connectivity index (χ1v) is 8.42. The van der Waals surface area contributed by atoms with Crippen molar-refractivity contribution in [2.45, 2.75) is 6.92 Å². The van der Waals surface area contributed by atoms with E-state index in [9.17, 15) is 19.2 Å². The van der Waals surface area contributed by atoms with E-state index in [1.165, 1.54) is 24.0 Å². The summed E-state index contributed by atoms with van der Waals surface area (Å²) >= 11 is 0. The highest BCUT2D eigenvalue weighted by Gasteiger charge is 2.12. The summed E-state index contributed by atoms with van der Waals surface area (Å²) in [5.41, 5.74) is 1.64. The van der Waals surface area contributed by atoms with Gasteiger partial charge in [-0.05, 0) is 42.5 Å². The maximum absolute atomic E-state index is 12.1. The van der Waals surface area contributed by atoms with Crippen LogP contribution in [0, 0.1) is 0 Å². The van der Waals surface area contributed by atoms with Crippen molar-refractivity contribution in [3.63, 3.8) is 0 Å². The lowest BCUT2D eigenvalue weighted by atomic mass is 10.2. The molecule has 0 aliphatic heterocycles. The Morgan fingerprint density at radius 2 is 1.57 bits per heavy atom. The van der Waals surface area contributed by atoms with Gasteiger partial charge in [-0.15, -0.1) is 0 Å². The maximum Gasteiger partial charge on any atom is 0.338 e. The number of nitrogens with zero attached hydrogens (tertiary/aromatic N) is 1. The minimum atomic E-state index is -0.686. The molecule has 28 heavy (non-hydrogen) atoms. The van der Waals surface area contributed by atoms with Crippen LogP contribution in [0.4, 0.5) is 11.4 Å². The smallest absolute Gasteiger partial charge is 0.338 e. The van der Waals surface area contributed by atoms with Crippen LogP contribution in [0.5, 0.6) is 0 Å². The van der Waals surface area contributed by atoms with Crippen molar-refractivity contribution in [2.75, 3.05) is 31.3 Å². The van der Waals surface area contributed by atoms with E-state index in [1.807, 2.05) is 0 Å². The van der Waals surface area contributed by atoms with Crippen LogP contribution in [0.2, 0.25) is 0 Å². The quantitative estimate of drug-likeness (QED) is 0.744. The van der Waals surface area contributed by atoms with Crippen LogP contribution in [-0.4, -0.2) is 49.3 Å². The molecular weight excluding hydrogens is 362 g/mol. The third kappa shape index (κ3) is 5.94. The van der Waals surface area contributed by atoms with Crippen molar-refractivity contribution in [3.8, 4) is 0 Å². The normalized spacial score (nSPS) is 9.96. The van der Waals surface area contributed by atoms with Crippen molar-refractivity contribution in [1.82, 2.24) is 4.90 Å². The second-order valence-corrected chi connectivity index (χ2v) is 6.16. The number of anilines is 2. The lowest BCUT2D eigenvalue weighted by Crippen LogP contribution is -2.22. The molecule has 0 aromatic heterocycles. The summed E-state index contributed by atoms with van der Waals surface area (Å²) in [7, 11) is 3.30. The highest BCUT2D eigenvalue weighted by molar-refractivity contribution is 5.98. The molecule has 0 unspecified atom stereocenters. The number of nitrogens with one attached hydrogen (secondary N) is 2. The molecular formula is C20H21N3O5. The third-order valence-corrected chi connectivity index (χ3v) is 3.57. The van der Waals surface area contributed by atoms with E-state index < -0.39 is 18.5 Å². The number of rotatable bonds is 6. The van der Waals surface area contributed by atoms with E-state index in [4.69, 9.17) is 4.74 Å². The van der Waals surface area contributed by atoms with E-state index in [2.05, 4.69) is 10.6 Å². The Bertz CT molecular complexity index is 891. The molecule has 146 valence electrons. The zero-order valence-electron chi connectivity index (χ0n) is 15.8. The molecule has 0 saturated heterocycles. The minimum Gasteiger partial charge on any atom is -0.452 e. The van der Waals surface area contributed by atoms with Gasteiger partial charge in [-0.3, -0.25) is 14.4 Å². The van der Waals surface area contributed by atoms with Crippen molar-refractivity contribution < 1.29 is 23.9 Å². The Morgan fingerprint density at radius 1 is 0.893 bits per heavy atom. The van der Waals surface area contributed by atoms with Gasteiger partial charge in [-0.1, -0.05) is 6.07 Å². The van der Waals surface area contributed by atoms with E-state index in [-0.39, 0.29) is 17.4 Å². The van der Waals surface area contributed by atoms with Crippen LogP contribution in [0.3, 0.4) is 0 Å². The maximum atomic E-state index is 12.1. The van der Waals surface area contributed by atoms with Gasteiger partial charge >= 0.3 is 5.97 Å². The number of hydrogen-bond acceptors (Lipinski definition) is 5. The molecule has 2 aromatic carbocycles. The molecule has 0 saturated carbocycles. The summed E-state index contributed by atoms with van der Waals surface area (Å²) in [5.74, 6) is -1.61. The number of carbonyl (C=O) groups is 4. The van der Waals surface area contributed by atoms with Gasteiger partial charge in [0.25, 0.3) is 11.8 Å². The Hall–Kier alpha value is -3.68. The summed E-state index contributed by atoms with van der Waals surface area (Å²) in [5, 5.41) is 5.15. The molecule has 0 heterocycles. The molecule has 0 atom stereocenters. The molecule has 8 nitrogen and oxygen atoms in total. The van der Waals surface area contributed by atoms with Crippen LogP contribution in [0.15, 0.2) is 48.5 Å². The zero-order chi connectivity index (χ0) is 20.7. The molecule has 2 N–H and O–H groups in total. The van der Waals surface area contributed by atoms with Gasteiger partial charge < -0.3 is 20.3 Å². The predicted octanol–water partition coefficient (Wildman–Crippen LogP) is 2.14. The Labute approximate surface area is 162 Å². The van der Waals surface area contributed by atoms with Gasteiger partial charge in [-0.25, -0.2) is 4.79 Å². The number of hydrogen-bond donors (Lipinski definition) is 2. The summed E-state index contributed by atoms with van der Waals surface area (Å²) in [6, 6.07) is 12.6. The van der Waals surface area contributed by atoms with E-state index >= 15 is 0 Å². The van der Waals surface area contributed by atoms with Crippen LogP contribution in [0.25, 0.3) is 0 Å². The lowest BCUT2D eigenvalue weighted by Gasteiger charge is -2.11. The predicted molar refractivity (Wildman–Crippen MR) is 104 cm³/mol. The van der Waals surface area contributed by atoms with Gasteiger partial charge in [-0.2, -0.15) is 0 Å². The summed E-state index contributed by atoms with van der Waals surface area (Å²) in [6.07, 6.45) is 0. The largest absolute Gasteiger partial charge is 0.452 e. The van der Waals surface area contributed by atoms with Crippen LogP contribution >= 0.6 is 0 Å². The Balaban J connectivity index is 1.89. The molecule has 0 bridgehead atoms. The minimum absolute atomic E-state index is 0.145. The highest BCUT2D eigenvalue weighted by atomic mass is 16.5. The average molecular weight is 383 g/mol. The first-order chi connectivity index (χ1) is 13.3. The van der Waals surface area contributed by atoms with Crippen molar-refractivity contribution >= 4 is 35.1 Å². The van der Waals surface area contributed by atoms with E-state index in [0.29, 0.717) is 16.9 Å². The third-order valence-electron chi connectivity index (χ3n) is 3.57. The molecule has 0 radical (unpaired) electrons. The van der Waals surface area contributed by atoms with Crippen molar-refractivity contribution in [2.24, 2.45) is 0 Å². The van der Waals surface area contributed by atoms with Gasteiger partial charge in [0.05, 0.1) is 5.56 Å².